The van der Waals surface area contributed by atoms with Crippen LogP contribution in [0.5, 0.6) is 5.75 Å². The van der Waals surface area contributed by atoms with Crippen molar-refractivity contribution in [2.45, 2.75) is 45.1 Å². The number of hydrogen-bond acceptors (Lipinski definition) is 4. The Balaban J connectivity index is 1.76. The van der Waals surface area contributed by atoms with E-state index in [2.05, 4.69) is 13.5 Å². The van der Waals surface area contributed by atoms with Crippen molar-refractivity contribution in [3.8, 4) is 5.75 Å². The smallest absolute Gasteiger partial charge is 0.175 e. The van der Waals surface area contributed by atoms with Gasteiger partial charge < -0.3 is 9.64 Å². The van der Waals surface area contributed by atoms with Crippen molar-refractivity contribution in [1.82, 2.24) is 4.90 Å². The Morgan fingerprint density at radius 2 is 2.04 bits per heavy atom. The summed E-state index contributed by atoms with van der Waals surface area (Å²) >= 11 is 0. The molecule has 28 heavy (non-hydrogen) atoms. The first-order valence-corrected chi connectivity index (χ1v) is 11.7. The number of unbranched alkanes of at least 4 members (excludes halogenated alkanes) is 1. The van der Waals surface area contributed by atoms with Gasteiger partial charge in [0.25, 0.3) is 0 Å². The third-order valence-corrected chi connectivity index (χ3v) is 6.40. The number of ether oxygens (including phenoxy) is 1. The van der Waals surface area contributed by atoms with Crippen molar-refractivity contribution < 1.29 is 13.2 Å². The first-order valence-electron chi connectivity index (χ1n) is 10.0. The van der Waals surface area contributed by atoms with E-state index in [1.54, 1.807) is 0 Å². The zero-order valence-electron chi connectivity index (χ0n) is 16.5. The zero-order valence-corrected chi connectivity index (χ0v) is 17.3. The van der Waals surface area contributed by atoms with E-state index in [9.17, 15) is 8.42 Å². The summed E-state index contributed by atoms with van der Waals surface area (Å²) in [7, 11) is -3.15. The molecule has 0 saturated carbocycles. The van der Waals surface area contributed by atoms with E-state index >= 15 is 0 Å². The van der Waals surface area contributed by atoms with Gasteiger partial charge in [0.1, 0.15) is 5.75 Å². The molecule has 0 fully saturated rings. The summed E-state index contributed by atoms with van der Waals surface area (Å²) < 4.78 is 30.3. The maximum absolute atomic E-state index is 12.0. The summed E-state index contributed by atoms with van der Waals surface area (Å²) in [5.41, 5.74) is 2.65. The molecular weight excluding hydrogens is 370 g/mol. The van der Waals surface area contributed by atoms with Gasteiger partial charge in [-0.1, -0.05) is 44.1 Å². The lowest BCUT2D eigenvalue weighted by Gasteiger charge is -2.31. The van der Waals surface area contributed by atoms with Crippen molar-refractivity contribution in [2.24, 2.45) is 0 Å². The minimum Gasteiger partial charge on any atom is -0.490 e. The molecule has 0 aromatic heterocycles. The van der Waals surface area contributed by atoms with E-state index in [4.69, 9.17) is 4.74 Å². The van der Waals surface area contributed by atoms with Gasteiger partial charge in [0.2, 0.25) is 0 Å². The van der Waals surface area contributed by atoms with Crippen LogP contribution in [0.3, 0.4) is 0 Å². The second-order valence-electron chi connectivity index (χ2n) is 7.26. The highest BCUT2D eigenvalue weighted by Crippen LogP contribution is 2.33. The molecule has 4 nitrogen and oxygen atoms in total. The Morgan fingerprint density at radius 3 is 2.75 bits per heavy atom. The van der Waals surface area contributed by atoms with Crippen molar-refractivity contribution in [3.05, 3.63) is 71.9 Å². The van der Waals surface area contributed by atoms with Gasteiger partial charge in [-0.15, -0.1) is 6.58 Å². The average Bonchev–Trinajstić information content (AvgIpc) is 2.69. The summed E-state index contributed by atoms with van der Waals surface area (Å²) in [4.78, 5) is 2.00. The number of fused-ring (bicyclic) bond motifs is 1. The van der Waals surface area contributed by atoms with Crippen LogP contribution in [0.15, 0.2) is 66.4 Å². The van der Waals surface area contributed by atoms with Crippen LogP contribution in [-0.4, -0.2) is 31.7 Å². The van der Waals surface area contributed by atoms with Gasteiger partial charge >= 0.3 is 0 Å². The molecule has 150 valence electrons. The summed E-state index contributed by atoms with van der Waals surface area (Å²) in [5.74, 6) is 1.01. The summed E-state index contributed by atoms with van der Waals surface area (Å²) in [6.07, 6.45) is 13.3. The monoisotopic (exact) mass is 399 g/mol. The lowest BCUT2D eigenvalue weighted by Crippen LogP contribution is -2.30. The van der Waals surface area contributed by atoms with Gasteiger partial charge in [0.15, 0.2) is 9.84 Å². The number of benzene rings is 1. The Bertz CT molecular complexity index is 879. The Kier molecular flexibility index (Phi) is 6.79. The standard InChI is InChI=1S/C23H29NO3S/c1-3-5-8-20(9-6-4-2)27-21-13-11-19(12-14-21)22-10-7-15-24-16-17-28(25,26)18-23(22)24/h3,7,10-15,18,20H,1,4-6,8-9,16-17H2,2H3. The van der Waals surface area contributed by atoms with E-state index in [1.807, 2.05) is 53.6 Å². The van der Waals surface area contributed by atoms with Crippen molar-refractivity contribution in [2.75, 3.05) is 12.3 Å². The van der Waals surface area contributed by atoms with Gasteiger partial charge in [-0.05, 0) is 43.0 Å². The van der Waals surface area contributed by atoms with Crippen LogP contribution in [0, 0.1) is 0 Å². The number of nitrogens with zero attached hydrogens (tertiary/aromatic N) is 1. The minimum absolute atomic E-state index is 0.157. The van der Waals surface area contributed by atoms with Gasteiger partial charge in [-0.3, -0.25) is 0 Å². The highest BCUT2D eigenvalue weighted by Gasteiger charge is 2.25. The van der Waals surface area contributed by atoms with Crippen LogP contribution >= 0.6 is 0 Å². The van der Waals surface area contributed by atoms with Gasteiger partial charge in [-0.2, -0.15) is 0 Å². The van der Waals surface area contributed by atoms with Gasteiger partial charge in [0.05, 0.1) is 23.0 Å². The molecule has 2 aliphatic rings. The SMILES string of the molecule is C=CCCC(CCCC)Oc1ccc(C2=CC=CN3CCS(=O)(=O)C=C23)cc1. The van der Waals surface area contributed by atoms with Gasteiger partial charge in [-0.25, -0.2) is 8.42 Å². The van der Waals surface area contributed by atoms with Crippen molar-refractivity contribution >= 4 is 15.4 Å². The second kappa shape index (κ2) is 9.28. The fraction of sp³-hybridized carbons (Fsp3) is 0.391. The first-order chi connectivity index (χ1) is 13.5. The molecule has 0 bridgehead atoms. The molecule has 1 aromatic carbocycles. The molecule has 1 unspecified atom stereocenters. The van der Waals surface area contributed by atoms with Crippen LogP contribution < -0.4 is 4.74 Å². The highest BCUT2D eigenvalue weighted by atomic mass is 32.2. The summed E-state index contributed by atoms with van der Waals surface area (Å²) in [6.45, 7) is 6.49. The molecule has 5 heteroatoms. The van der Waals surface area contributed by atoms with E-state index in [0.717, 1.165) is 54.7 Å². The van der Waals surface area contributed by atoms with E-state index in [0.29, 0.717) is 6.54 Å². The molecule has 0 aliphatic carbocycles. The van der Waals surface area contributed by atoms with Crippen LogP contribution in [0.1, 0.15) is 44.6 Å². The number of allylic oxidation sites excluding steroid dienone is 4. The molecule has 1 atom stereocenters. The fourth-order valence-electron chi connectivity index (χ4n) is 3.49. The largest absolute Gasteiger partial charge is 0.490 e. The molecule has 2 heterocycles. The summed E-state index contributed by atoms with van der Waals surface area (Å²) in [5, 5.41) is 1.40. The zero-order chi connectivity index (χ0) is 20.0. The topological polar surface area (TPSA) is 46.6 Å². The maximum atomic E-state index is 12.0. The lowest BCUT2D eigenvalue weighted by molar-refractivity contribution is 0.179. The van der Waals surface area contributed by atoms with Crippen molar-refractivity contribution in [1.29, 1.82) is 0 Å². The molecule has 0 N–H and O–H groups in total. The van der Waals surface area contributed by atoms with Crippen LogP contribution in [0.25, 0.3) is 5.57 Å². The van der Waals surface area contributed by atoms with E-state index < -0.39 is 9.84 Å². The molecular formula is C23H29NO3S. The Morgan fingerprint density at radius 1 is 1.25 bits per heavy atom. The molecule has 2 aliphatic heterocycles. The number of sulfone groups is 1. The normalized spacial score (nSPS) is 18.7. The lowest BCUT2D eigenvalue weighted by atomic mass is 10.00. The fourth-order valence-corrected chi connectivity index (χ4v) is 4.66. The predicted molar refractivity (Wildman–Crippen MR) is 116 cm³/mol. The third kappa shape index (κ3) is 5.16. The molecule has 0 amide bonds. The quantitative estimate of drug-likeness (QED) is 0.544. The third-order valence-electron chi connectivity index (χ3n) is 5.06. The number of rotatable bonds is 9. The predicted octanol–water partition coefficient (Wildman–Crippen LogP) is 5.07. The van der Waals surface area contributed by atoms with Crippen LogP contribution in [-0.2, 0) is 9.84 Å². The highest BCUT2D eigenvalue weighted by molar-refractivity contribution is 7.94. The average molecular weight is 400 g/mol. The van der Waals surface area contributed by atoms with Crippen LogP contribution in [0.2, 0.25) is 0 Å². The van der Waals surface area contributed by atoms with Gasteiger partial charge in [0, 0.05) is 18.3 Å². The maximum Gasteiger partial charge on any atom is 0.175 e. The molecule has 1 aromatic rings. The minimum atomic E-state index is -3.15. The van der Waals surface area contributed by atoms with Crippen LogP contribution in [0.4, 0.5) is 0 Å². The second-order valence-corrected chi connectivity index (χ2v) is 9.23. The Labute approximate surface area is 168 Å². The van der Waals surface area contributed by atoms with Crippen molar-refractivity contribution in [3.63, 3.8) is 0 Å². The number of hydrogen-bond donors (Lipinski definition) is 0. The molecule has 3 rings (SSSR count). The van der Waals surface area contributed by atoms with E-state index in [-0.39, 0.29) is 11.9 Å². The van der Waals surface area contributed by atoms with E-state index in [1.165, 1.54) is 5.41 Å². The summed E-state index contributed by atoms with van der Waals surface area (Å²) in [6, 6.07) is 7.96. The molecule has 0 spiro atoms. The molecule has 0 radical (unpaired) electrons. The molecule has 0 saturated heterocycles. The Hall–Kier alpha value is -2.27. The first kappa shape index (κ1) is 20.5.